The smallest absolute Gasteiger partial charge is 0.308 e. The van der Waals surface area contributed by atoms with E-state index in [2.05, 4.69) is 0 Å². The Hall–Kier alpha value is -0.390. The van der Waals surface area contributed by atoms with Gasteiger partial charge in [0.15, 0.2) is 6.17 Å². The van der Waals surface area contributed by atoms with Crippen molar-refractivity contribution in [2.75, 3.05) is 13.1 Å². The Balaban J connectivity index is 2.82. The molecule has 1 fully saturated rings. The fourth-order valence-electron chi connectivity index (χ4n) is 0.831. The van der Waals surface area contributed by atoms with Crippen molar-refractivity contribution in [3.8, 4) is 0 Å². The van der Waals surface area contributed by atoms with E-state index >= 15 is 0 Å². The number of halogens is 5. The van der Waals surface area contributed by atoms with Crippen LogP contribution in [0.4, 0.5) is 22.0 Å². The molecule has 1 heterocycles. The molecular formula is C5H6F5N. The Labute approximate surface area is 59.6 Å². The van der Waals surface area contributed by atoms with Gasteiger partial charge in [0, 0.05) is 6.54 Å². The van der Waals surface area contributed by atoms with Crippen molar-refractivity contribution in [3.63, 3.8) is 0 Å². The van der Waals surface area contributed by atoms with Crippen LogP contribution in [-0.2, 0) is 0 Å². The minimum atomic E-state index is -4.53. The predicted molar refractivity (Wildman–Crippen MR) is 27.7 cm³/mol. The van der Waals surface area contributed by atoms with E-state index < -0.39 is 31.1 Å². The van der Waals surface area contributed by atoms with Gasteiger partial charge < -0.3 is 5.32 Å². The van der Waals surface area contributed by atoms with Gasteiger partial charge in [-0.15, -0.1) is 0 Å². The van der Waals surface area contributed by atoms with E-state index in [1.54, 1.807) is 0 Å². The lowest BCUT2D eigenvalue weighted by atomic mass is 10.0. The van der Waals surface area contributed by atoms with Crippen molar-refractivity contribution in [3.05, 3.63) is 0 Å². The van der Waals surface area contributed by atoms with Crippen LogP contribution in [0.2, 0.25) is 0 Å². The molecule has 0 spiro atoms. The minimum Gasteiger partial charge on any atom is -0.308 e. The molecule has 1 rings (SSSR count). The molecule has 0 aromatic rings. The van der Waals surface area contributed by atoms with Gasteiger partial charge in [0.1, 0.15) is 0 Å². The molecular weight excluding hydrogens is 169 g/mol. The molecule has 0 aliphatic carbocycles. The average Bonchev–Trinajstić information content (AvgIpc) is 1.84. The van der Waals surface area contributed by atoms with Crippen molar-refractivity contribution in [2.45, 2.75) is 18.0 Å². The quantitative estimate of drug-likeness (QED) is 0.545. The normalized spacial score (nSPS) is 35.2. The van der Waals surface area contributed by atoms with Crippen LogP contribution < -0.4 is 5.32 Å². The van der Waals surface area contributed by atoms with Crippen LogP contribution in [0.25, 0.3) is 0 Å². The second-order valence-electron chi connectivity index (χ2n) is 2.43. The number of hydrogen-bond acceptors (Lipinski definition) is 1. The van der Waals surface area contributed by atoms with Crippen LogP contribution >= 0.6 is 0 Å². The highest BCUT2D eigenvalue weighted by Crippen LogP contribution is 2.39. The number of alkyl halides is 5. The Morgan fingerprint density at radius 3 is 2.09 bits per heavy atom. The zero-order valence-electron chi connectivity index (χ0n) is 5.38. The van der Waals surface area contributed by atoms with Gasteiger partial charge in [0.25, 0.3) is 0 Å². The minimum absolute atomic E-state index is 0.720. The van der Waals surface area contributed by atoms with Crippen molar-refractivity contribution in [2.24, 2.45) is 0 Å². The molecule has 1 saturated heterocycles. The molecule has 0 amide bonds. The van der Waals surface area contributed by atoms with Gasteiger partial charge in [-0.25, -0.2) is 4.39 Å². The van der Waals surface area contributed by atoms with Gasteiger partial charge in [-0.05, 0) is 0 Å². The maximum Gasteiger partial charge on any atom is 0.343 e. The Morgan fingerprint density at radius 2 is 1.73 bits per heavy atom. The van der Waals surface area contributed by atoms with E-state index in [4.69, 9.17) is 0 Å². The van der Waals surface area contributed by atoms with Crippen molar-refractivity contribution in [1.29, 1.82) is 0 Å². The van der Waals surface area contributed by atoms with Gasteiger partial charge in [-0.1, -0.05) is 0 Å². The van der Waals surface area contributed by atoms with Crippen molar-refractivity contribution < 1.29 is 22.0 Å². The highest BCUT2D eigenvalue weighted by Gasteiger charge is 2.63. The summed E-state index contributed by atoms with van der Waals surface area (Å²) in [7, 11) is 0. The molecule has 6 heteroatoms. The Morgan fingerprint density at radius 1 is 1.18 bits per heavy atom. The van der Waals surface area contributed by atoms with Crippen molar-refractivity contribution >= 4 is 0 Å². The largest absolute Gasteiger partial charge is 0.343 e. The van der Waals surface area contributed by atoms with E-state index in [0.29, 0.717) is 0 Å². The van der Waals surface area contributed by atoms with Gasteiger partial charge in [0.2, 0.25) is 0 Å². The molecule has 1 atom stereocenters. The Kier molecular flexibility index (Phi) is 1.82. The van der Waals surface area contributed by atoms with Crippen LogP contribution in [0.5, 0.6) is 0 Å². The van der Waals surface area contributed by atoms with Crippen LogP contribution in [0.3, 0.4) is 0 Å². The molecule has 1 unspecified atom stereocenters. The standard InChI is InChI=1S/C5H6F5N/c6-3-1-11-2-4(7,8)5(3,9)10/h3,11H,1-2H2. The maximum absolute atomic E-state index is 12.2. The molecule has 0 radical (unpaired) electrons. The van der Waals surface area contributed by atoms with Gasteiger partial charge in [-0.3, -0.25) is 0 Å². The first kappa shape index (κ1) is 8.70. The summed E-state index contributed by atoms with van der Waals surface area (Å²) in [6.45, 7) is -1.89. The molecule has 1 N–H and O–H groups in total. The maximum atomic E-state index is 12.2. The molecule has 0 saturated carbocycles. The van der Waals surface area contributed by atoms with E-state index in [1.807, 2.05) is 5.32 Å². The summed E-state index contributed by atoms with van der Waals surface area (Å²) in [4.78, 5) is 0. The molecule has 11 heavy (non-hydrogen) atoms. The molecule has 0 bridgehead atoms. The third-order valence-electron chi connectivity index (χ3n) is 1.55. The van der Waals surface area contributed by atoms with E-state index in [0.717, 1.165) is 0 Å². The van der Waals surface area contributed by atoms with Crippen LogP contribution in [0, 0.1) is 0 Å². The lowest BCUT2D eigenvalue weighted by Crippen LogP contribution is -2.61. The molecule has 1 nitrogen and oxygen atoms in total. The summed E-state index contributed by atoms with van der Waals surface area (Å²) in [6, 6.07) is 0. The number of piperidine rings is 1. The van der Waals surface area contributed by atoms with E-state index in [-0.39, 0.29) is 0 Å². The highest BCUT2D eigenvalue weighted by molar-refractivity contribution is 4.97. The predicted octanol–water partition coefficient (Wildman–Crippen LogP) is 1.20. The number of hydrogen-bond donors (Lipinski definition) is 1. The third-order valence-corrected chi connectivity index (χ3v) is 1.55. The lowest BCUT2D eigenvalue weighted by molar-refractivity contribution is -0.248. The SMILES string of the molecule is FC1CNCC(F)(F)C1(F)F. The molecule has 1 aliphatic rings. The first-order valence-electron chi connectivity index (χ1n) is 2.98. The van der Waals surface area contributed by atoms with Gasteiger partial charge in [-0.2, -0.15) is 17.6 Å². The van der Waals surface area contributed by atoms with Gasteiger partial charge >= 0.3 is 11.8 Å². The summed E-state index contributed by atoms with van der Waals surface area (Å²) in [5, 5.41) is 1.88. The summed E-state index contributed by atoms with van der Waals surface area (Å²) < 4.78 is 60.9. The first-order chi connectivity index (χ1) is 4.88. The zero-order chi connectivity index (χ0) is 8.70. The Bertz CT molecular complexity index is 157. The van der Waals surface area contributed by atoms with Crippen molar-refractivity contribution in [1.82, 2.24) is 5.32 Å². The third kappa shape index (κ3) is 1.19. The lowest BCUT2D eigenvalue weighted by Gasteiger charge is -2.33. The van der Waals surface area contributed by atoms with Gasteiger partial charge in [0.05, 0.1) is 6.54 Å². The molecule has 66 valence electrons. The molecule has 0 aromatic carbocycles. The highest BCUT2D eigenvalue weighted by atomic mass is 19.3. The van der Waals surface area contributed by atoms with E-state index in [1.165, 1.54) is 0 Å². The molecule has 0 aromatic heterocycles. The second-order valence-corrected chi connectivity index (χ2v) is 2.43. The van der Waals surface area contributed by atoms with Crippen LogP contribution in [0.15, 0.2) is 0 Å². The summed E-state index contributed by atoms with van der Waals surface area (Å²) in [5.41, 5.74) is 0. The average molecular weight is 175 g/mol. The second kappa shape index (κ2) is 2.30. The zero-order valence-corrected chi connectivity index (χ0v) is 5.38. The fourth-order valence-corrected chi connectivity index (χ4v) is 0.831. The van der Waals surface area contributed by atoms with E-state index in [9.17, 15) is 22.0 Å². The van der Waals surface area contributed by atoms with Crippen LogP contribution in [0.1, 0.15) is 0 Å². The monoisotopic (exact) mass is 175 g/mol. The number of rotatable bonds is 0. The fraction of sp³-hybridized carbons (Fsp3) is 1.00. The first-order valence-corrected chi connectivity index (χ1v) is 2.98. The topological polar surface area (TPSA) is 12.0 Å². The molecule has 1 aliphatic heterocycles. The number of nitrogens with one attached hydrogen (secondary N) is 1. The van der Waals surface area contributed by atoms with Crippen LogP contribution in [-0.4, -0.2) is 31.1 Å². The summed E-state index contributed by atoms with van der Waals surface area (Å²) in [5.74, 6) is -8.80. The summed E-state index contributed by atoms with van der Waals surface area (Å²) >= 11 is 0. The summed E-state index contributed by atoms with van der Waals surface area (Å²) in [6.07, 6.45) is -2.80.